The van der Waals surface area contributed by atoms with Gasteiger partial charge in [-0.3, -0.25) is 4.90 Å². The first-order valence-corrected chi connectivity index (χ1v) is 6.37. The molecule has 0 aromatic heterocycles. The number of nitrogens with zero attached hydrogens (tertiary/aromatic N) is 2. The standard InChI is InChI=1S/C14H20N2O3/c1-4-10-16(5-2)14(19)15(3)12-9-7-6-8-11(12)13(17)18/h6-9H,4-5,10H2,1-3H3,(H,17,18). The van der Waals surface area contributed by atoms with Crippen LogP contribution in [0.4, 0.5) is 10.5 Å². The third kappa shape index (κ3) is 3.47. The highest BCUT2D eigenvalue weighted by molar-refractivity contribution is 6.01. The minimum Gasteiger partial charge on any atom is -0.478 e. The third-order valence-corrected chi connectivity index (χ3v) is 2.93. The second kappa shape index (κ2) is 6.78. The van der Waals surface area contributed by atoms with Gasteiger partial charge in [-0.2, -0.15) is 0 Å². The molecule has 1 aromatic carbocycles. The van der Waals surface area contributed by atoms with Crippen LogP contribution in [0.15, 0.2) is 24.3 Å². The molecule has 2 amide bonds. The fourth-order valence-electron chi connectivity index (χ4n) is 1.92. The predicted molar refractivity (Wildman–Crippen MR) is 74.7 cm³/mol. The number of amides is 2. The third-order valence-electron chi connectivity index (χ3n) is 2.93. The van der Waals surface area contributed by atoms with Crippen molar-refractivity contribution in [3.05, 3.63) is 29.8 Å². The highest BCUT2D eigenvalue weighted by atomic mass is 16.4. The van der Waals surface area contributed by atoms with Crippen molar-refractivity contribution in [1.82, 2.24) is 4.90 Å². The van der Waals surface area contributed by atoms with Gasteiger partial charge < -0.3 is 10.0 Å². The fourth-order valence-corrected chi connectivity index (χ4v) is 1.92. The summed E-state index contributed by atoms with van der Waals surface area (Å²) in [5.41, 5.74) is 0.542. The van der Waals surface area contributed by atoms with Crippen LogP contribution in [0, 0.1) is 0 Å². The number of urea groups is 1. The number of hydrogen-bond donors (Lipinski definition) is 1. The molecule has 0 fully saturated rings. The molecule has 5 heteroatoms. The highest BCUT2D eigenvalue weighted by Crippen LogP contribution is 2.20. The average molecular weight is 264 g/mol. The summed E-state index contributed by atoms with van der Waals surface area (Å²) in [4.78, 5) is 26.5. The maximum atomic E-state index is 12.3. The van der Waals surface area contributed by atoms with E-state index in [9.17, 15) is 9.59 Å². The number of para-hydroxylation sites is 1. The molecule has 19 heavy (non-hydrogen) atoms. The van der Waals surface area contributed by atoms with Gasteiger partial charge in [-0.15, -0.1) is 0 Å². The molecule has 1 N–H and O–H groups in total. The van der Waals surface area contributed by atoms with Crippen molar-refractivity contribution in [2.24, 2.45) is 0 Å². The summed E-state index contributed by atoms with van der Waals surface area (Å²) in [6.07, 6.45) is 0.869. The van der Waals surface area contributed by atoms with Crippen LogP contribution in [-0.4, -0.2) is 42.1 Å². The lowest BCUT2D eigenvalue weighted by Gasteiger charge is -2.27. The number of hydrogen-bond acceptors (Lipinski definition) is 2. The number of carboxylic acids is 1. The molecule has 0 saturated carbocycles. The summed E-state index contributed by atoms with van der Waals surface area (Å²) in [5, 5.41) is 9.14. The molecule has 104 valence electrons. The van der Waals surface area contributed by atoms with Gasteiger partial charge in [0.1, 0.15) is 0 Å². The van der Waals surface area contributed by atoms with Gasteiger partial charge in [-0.1, -0.05) is 19.1 Å². The first-order valence-electron chi connectivity index (χ1n) is 6.37. The number of rotatable bonds is 5. The molecule has 0 saturated heterocycles. The zero-order valence-corrected chi connectivity index (χ0v) is 11.6. The first-order chi connectivity index (χ1) is 9.02. The SMILES string of the molecule is CCCN(CC)C(=O)N(C)c1ccccc1C(=O)O. The van der Waals surface area contributed by atoms with E-state index in [1.807, 2.05) is 13.8 Å². The predicted octanol–water partition coefficient (Wildman–Crippen LogP) is 2.67. The Bertz CT molecular complexity index is 460. The Morgan fingerprint density at radius 1 is 1.21 bits per heavy atom. The highest BCUT2D eigenvalue weighted by Gasteiger charge is 2.21. The van der Waals surface area contributed by atoms with E-state index in [0.29, 0.717) is 18.8 Å². The average Bonchev–Trinajstić information content (AvgIpc) is 2.43. The molecule has 0 heterocycles. The lowest BCUT2D eigenvalue weighted by atomic mass is 10.1. The van der Waals surface area contributed by atoms with E-state index in [2.05, 4.69) is 0 Å². The summed E-state index contributed by atoms with van der Waals surface area (Å²) in [6, 6.07) is 6.33. The molecule has 0 aliphatic heterocycles. The molecule has 0 bridgehead atoms. The minimum atomic E-state index is -1.03. The summed E-state index contributed by atoms with van der Waals surface area (Å²) < 4.78 is 0. The second-order valence-corrected chi connectivity index (χ2v) is 4.24. The Morgan fingerprint density at radius 2 is 1.84 bits per heavy atom. The van der Waals surface area contributed by atoms with Gasteiger partial charge >= 0.3 is 12.0 Å². The van der Waals surface area contributed by atoms with E-state index in [1.54, 1.807) is 30.1 Å². The second-order valence-electron chi connectivity index (χ2n) is 4.24. The Kier molecular flexibility index (Phi) is 5.36. The van der Waals surface area contributed by atoms with E-state index in [1.165, 1.54) is 11.0 Å². The van der Waals surface area contributed by atoms with Gasteiger partial charge in [0.05, 0.1) is 11.3 Å². The van der Waals surface area contributed by atoms with Crippen LogP contribution in [0.2, 0.25) is 0 Å². The van der Waals surface area contributed by atoms with Crippen molar-refractivity contribution in [2.75, 3.05) is 25.0 Å². The zero-order valence-electron chi connectivity index (χ0n) is 11.6. The van der Waals surface area contributed by atoms with Crippen molar-refractivity contribution in [3.63, 3.8) is 0 Å². The lowest BCUT2D eigenvalue weighted by Crippen LogP contribution is -2.42. The molecule has 0 unspecified atom stereocenters. The van der Waals surface area contributed by atoms with Crippen molar-refractivity contribution in [1.29, 1.82) is 0 Å². The smallest absolute Gasteiger partial charge is 0.337 e. The van der Waals surface area contributed by atoms with Crippen LogP contribution in [0.5, 0.6) is 0 Å². The van der Waals surface area contributed by atoms with Crippen molar-refractivity contribution in [3.8, 4) is 0 Å². The Morgan fingerprint density at radius 3 is 2.37 bits per heavy atom. The van der Waals surface area contributed by atoms with E-state index >= 15 is 0 Å². The summed E-state index contributed by atoms with van der Waals surface area (Å²) >= 11 is 0. The van der Waals surface area contributed by atoms with Crippen LogP contribution >= 0.6 is 0 Å². The maximum absolute atomic E-state index is 12.3. The Labute approximate surface area is 113 Å². The monoisotopic (exact) mass is 264 g/mol. The molecule has 0 radical (unpaired) electrons. The number of carbonyl (C=O) groups excluding carboxylic acids is 1. The molecule has 1 rings (SSSR count). The fraction of sp³-hybridized carbons (Fsp3) is 0.429. The Balaban J connectivity index is 3.02. The molecule has 1 aromatic rings. The summed E-state index contributed by atoms with van der Waals surface area (Å²) in [6.45, 7) is 5.17. The van der Waals surface area contributed by atoms with Crippen molar-refractivity contribution in [2.45, 2.75) is 20.3 Å². The van der Waals surface area contributed by atoms with Gasteiger partial charge in [0.15, 0.2) is 0 Å². The van der Waals surface area contributed by atoms with Crippen LogP contribution in [0.3, 0.4) is 0 Å². The van der Waals surface area contributed by atoms with E-state index in [4.69, 9.17) is 5.11 Å². The maximum Gasteiger partial charge on any atom is 0.337 e. The van der Waals surface area contributed by atoms with E-state index in [0.717, 1.165) is 6.42 Å². The molecule has 5 nitrogen and oxygen atoms in total. The zero-order chi connectivity index (χ0) is 14.4. The van der Waals surface area contributed by atoms with Gasteiger partial charge in [0.2, 0.25) is 0 Å². The summed E-state index contributed by atoms with van der Waals surface area (Å²) in [7, 11) is 1.60. The molecule has 0 aliphatic carbocycles. The van der Waals surface area contributed by atoms with Crippen molar-refractivity contribution < 1.29 is 14.7 Å². The van der Waals surface area contributed by atoms with Crippen LogP contribution in [0.1, 0.15) is 30.6 Å². The number of carbonyl (C=O) groups is 2. The molecule has 0 spiro atoms. The van der Waals surface area contributed by atoms with E-state index < -0.39 is 5.97 Å². The number of anilines is 1. The van der Waals surface area contributed by atoms with E-state index in [-0.39, 0.29) is 11.6 Å². The normalized spacial score (nSPS) is 10.1. The minimum absolute atomic E-state index is 0.130. The van der Waals surface area contributed by atoms with Gasteiger partial charge in [-0.25, -0.2) is 9.59 Å². The topological polar surface area (TPSA) is 60.9 Å². The van der Waals surface area contributed by atoms with Crippen LogP contribution in [0.25, 0.3) is 0 Å². The quantitative estimate of drug-likeness (QED) is 0.889. The summed E-state index contributed by atoms with van der Waals surface area (Å²) in [5.74, 6) is -1.03. The van der Waals surface area contributed by atoms with Gasteiger partial charge in [0, 0.05) is 20.1 Å². The number of benzene rings is 1. The van der Waals surface area contributed by atoms with Crippen LogP contribution in [-0.2, 0) is 0 Å². The number of aromatic carboxylic acids is 1. The Hall–Kier alpha value is -2.04. The molecular weight excluding hydrogens is 244 g/mol. The lowest BCUT2D eigenvalue weighted by molar-refractivity contribution is 0.0697. The molecule has 0 atom stereocenters. The van der Waals surface area contributed by atoms with Crippen LogP contribution < -0.4 is 4.90 Å². The molecular formula is C14H20N2O3. The largest absolute Gasteiger partial charge is 0.478 e. The molecule has 0 aliphatic rings. The van der Waals surface area contributed by atoms with Gasteiger partial charge in [0.25, 0.3) is 0 Å². The van der Waals surface area contributed by atoms with Crippen molar-refractivity contribution >= 4 is 17.7 Å². The van der Waals surface area contributed by atoms with Gasteiger partial charge in [-0.05, 0) is 25.5 Å². The number of carboxylic acid groups (broad SMARTS) is 1. The first kappa shape index (κ1) is 15.0.